The number of alkyl halides is 3. The van der Waals surface area contributed by atoms with Crippen LogP contribution in [0, 0.1) is 11.3 Å². The Labute approximate surface area is 99.0 Å². The van der Waals surface area contributed by atoms with Crippen LogP contribution in [0.15, 0.2) is 12.1 Å². The molecule has 0 heterocycles. The number of ether oxygens (including phenoxy) is 2. The predicted octanol–water partition coefficient (Wildman–Crippen LogP) is 2.16. The van der Waals surface area contributed by atoms with Crippen LogP contribution < -0.4 is 9.47 Å². The number of rotatable bonds is 3. The highest BCUT2D eigenvalue weighted by atomic mass is 19.4. The normalized spacial score (nSPS) is 10.6. The maximum absolute atomic E-state index is 12.1. The third-order valence-electron chi connectivity index (χ3n) is 1.88. The van der Waals surface area contributed by atoms with Gasteiger partial charge in [0, 0.05) is 6.07 Å². The summed E-state index contributed by atoms with van der Waals surface area (Å²) in [6.45, 7) is 0. The third-order valence-corrected chi connectivity index (χ3v) is 1.88. The monoisotopic (exact) mass is 261 g/mol. The van der Waals surface area contributed by atoms with Crippen LogP contribution in [0.5, 0.6) is 11.5 Å². The van der Waals surface area contributed by atoms with Crippen LogP contribution in [0.4, 0.5) is 13.2 Å². The fourth-order valence-corrected chi connectivity index (χ4v) is 1.20. The van der Waals surface area contributed by atoms with E-state index in [0.29, 0.717) is 0 Å². The van der Waals surface area contributed by atoms with Gasteiger partial charge < -0.3 is 14.6 Å². The third kappa shape index (κ3) is 3.04. The predicted molar refractivity (Wildman–Crippen MR) is 51.4 cm³/mol. The summed E-state index contributed by atoms with van der Waals surface area (Å²) < 4.78 is 44.5. The highest BCUT2D eigenvalue weighted by Gasteiger charge is 2.33. The molecule has 0 saturated carbocycles. The summed E-state index contributed by atoms with van der Waals surface area (Å²) in [6, 6.07) is 3.08. The number of halogens is 3. The SMILES string of the molecule is COc1cc(OC(F)(F)F)c(C#N)c(C(=O)O)c1. The van der Waals surface area contributed by atoms with Gasteiger partial charge >= 0.3 is 12.3 Å². The van der Waals surface area contributed by atoms with Gasteiger partial charge in [0.2, 0.25) is 0 Å². The Morgan fingerprint density at radius 2 is 2.06 bits per heavy atom. The van der Waals surface area contributed by atoms with Gasteiger partial charge in [-0.3, -0.25) is 0 Å². The molecule has 1 aromatic rings. The molecule has 0 unspecified atom stereocenters. The number of hydrogen-bond acceptors (Lipinski definition) is 4. The largest absolute Gasteiger partial charge is 0.573 e. The number of benzene rings is 1. The van der Waals surface area contributed by atoms with E-state index in [1.807, 2.05) is 0 Å². The zero-order chi connectivity index (χ0) is 13.9. The van der Waals surface area contributed by atoms with Crippen LogP contribution in [0.3, 0.4) is 0 Å². The lowest BCUT2D eigenvalue weighted by Crippen LogP contribution is -2.18. The molecule has 0 amide bonds. The van der Waals surface area contributed by atoms with E-state index in [0.717, 1.165) is 19.2 Å². The maximum Gasteiger partial charge on any atom is 0.573 e. The van der Waals surface area contributed by atoms with E-state index in [9.17, 15) is 18.0 Å². The first-order valence-corrected chi connectivity index (χ1v) is 4.39. The Morgan fingerprint density at radius 1 is 1.44 bits per heavy atom. The van der Waals surface area contributed by atoms with Gasteiger partial charge in [-0.1, -0.05) is 0 Å². The van der Waals surface area contributed by atoms with Crippen molar-refractivity contribution in [2.45, 2.75) is 6.36 Å². The second-order valence-electron chi connectivity index (χ2n) is 3.01. The van der Waals surface area contributed by atoms with E-state index in [4.69, 9.17) is 10.4 Å². The minimum absolute atomic E-state index is 0.161. The first kappa shape index (κ1) is 13.6. The van der Waals surface area contributed by atoms with Crippen molar-refractivity contribution >= 4 is 5.97 Å². The lowest BCUT2D eigenvalue weighted by molar-refractivity contribution is -0.274. The van der Waals surface area contributed by atoms with Gasteiger partial charge in [-0.2, -0.15) is 5.26 Å². The van der Waals surface area contributed by atoms with Crippen LogP contribution in [0.25, 0.3) is 0 Å². The highest BCUT2D eigenvalue weighted by Crippen LogP contribution is 2.32. The Morgan fingerprint density at radius 3 is 2.44 bits per heavy atom. The number of nitrogens with zero attached hydrogens (tertiary/aromatic N) is 1. The maximum atomic E-state index is 12.1. The summed E-state index contributed by atoms with van der Waals surface area (Å²) in [5, 5.41) is 17.5. The van der Waals surface area contributed by atoms with E-state index in [-0.39, 0.29) is 5.75 Å². The van der Waals surface area contributed by atoms with Gasteiger partial charge in [0.05, 0.1) is 12.7 Å². The summed E-state index contributed by atoms with van der Waals surface area (Å²) >= 11 is 0. The second kappa shape index (κ2) is 4.83. The quantitative estimate of drug-likeness (QED) is 0.901. The molecule has 1 rings (SSSR count). The summed E-state index contributed by atoms with van der Waals surface area (Å²) in [5.74, 6) is -2.63. The number of methoxy groups -OCH3 is 1. The van der Waals surface area contributed by atoms with Crippen LogP contribution >= 0.6 is 0 Å². The Bertz CT molecular complexity index is 519. The smallest absolute Gasteiger partial charge is 0.497 e. The molecule has 0 bridgehead atoms. The fraction of sp³-hybridized carbons (Fsp3) is 0.200. The molecule has 1 aromatic carbocycles. The zero-order valence-corrected chi connectivity index (χ0v) is 8.91. The molecule has 8 heteroatoms. The number of hydrogen-bond donors (Lipinski definition) is 1. The number of carbonyl (C=O) groups is 1. The minimum Gasteiger partial charge on any atom is -0.497 e. The van der Waals surface area contributed by atoms with Crippen LogP contribution in [0.2, 0.25) is 0 Å². The lowest BCUT2D eigenvalue weighted by atomic mass is 10.1. The van der Waals surface area contributed by atoms with E-state index in [1.54, 1.807) is 0 Å². The fourth-order valence-electron chi connectivity index (χ4n) is 1.20. The van der Waals surface area contributed by atoms with Crippen LogP contribution in [-0.2, 0) is 0 Å². The average molecular weight is 261 g/mol. The van der Waals surface area contributed by atoms with Gasteiger partial charge in [-0.15, -0.1) is 13.2 Å². The molecule has 0 aliphatic heterocycles. The van der Waals surface area contributed by atoms with Crippen LogP contribution in [-0.4, -0.2) is 24.5 Å². The summed E-state index contributed by atoms with van der Waals surface area (Å²) in [4.78, 5) is 10.8. The van der Waals surface area contributed by atoms with E-state index < -0.39 is 29.2 Å². The topological polar surface area (TPSA) is 79.5 Å². The summed E-state index contributed by atoms with van der Waals surface area (Å²) in [6.07, 6.45) is -5.03. The van der Waals surface area contributed by atoms with Crippen molar-refractivity contribution in [1.29, 1.82) is 5.26 Å². The molecule has 18 heavy (non-hydrogen) atoms. The molecule has 0 radical (unpaired) electrons. The standard InChI is InChI=1S/C10H6F3NO4/c1-17-5-2-6(9(15)16)7(4-14)8(3-5)18-10(11,12)13/h2-3H,1H3,(H,15,16). The van der Waals surface area contributed by atoms with Crippen molar-refractivity contribution < 1.29 is 32.5 Å². The van der Waals surface area contributed by atoms with Crippen LogP contribution in [0.1, 0.15) is 15.9 Å². The second-order valence-corrected chi connectivity index (χ2v) is 3.01. The van der Waals surface area contributed by atoms with Gasteiger partial charge in [-0.05, 0) is 6.07 Å². The molecular weight excluding hydrogens is 255 g/mol. The molecule has 5 nitrogen and oxygen atoms in total. The molecule has 0 fully saturated rings. The number of carboxylic acid groups (broad SMARTS) is 1. The van der Waals surface area contributed by atoms with Crippen molar-refractivity contribution in [3.63, 3.8) is 0 Å². The van der Waals surface area contributed by atoms with E-state index >= 15 is 0 Å². The Hall–Kier alpha value is -2.43. The molecule has 0 aliphatic carbocycles. The molecule has 0 spiro atoms. The average Bonchev–Trinajstić information content (AvgIpc) is 2.25. The van der Waals surface area contributed by atoms with Crippen molar-refractivity contribution in [1.82, 2.24) is 0 Å². The van der Waals surface area contributed by atoms with Crippen molar-refractivity contribution in [3.8, 4) is 17.6 Å². The molecule has 0 aliphatic rings. The lowest BCUT2D eigenvalue weighted by Gasteiger charge is -2.13. The zero-order valence-electron chi connectivity index (χ0n) is 8.91. The van der Waals surface area contributed by atoms with Gasteiger partial charge in [0.25, 0.3) is 0 Å². The molecule has 1 N–H and O–H groups in total. The van der Waals surface area contributed by atoms with Gasteiger partial charge in [0.1, 0.15) is 17.4 Å². The van der Waals surface area contributed by atoms with Gasteiger partial charge in [0.15, 0.2) is 5.75 Å². The highest BCUT2D eigenvalue weighted by molar-refractivity contribution is 5.92. The molecule has 96 valence electrons. The molecule has 0 saturated heterocycles. The van der Waals surface area contributed by atoms with E-state index in [2.05, 4.69) is 9.47 Å². The minimum atomic E-state index is -5.03. The first-order chi connectivity index (χ1) is 8.28. The number of nitriles is 1. The number of aromatic carboxylic acids is 1. The first-order valence-electron chi connectivity index (χ1n) is 4.39. The molecule has 0 atom stereocenters. The van der Waals surface area contributed by atoms with Crippen molar-refractivity contribution in [2.24, 2.45) is 0 Å². The summed E-state index contributed by atoms with van der Waals surface area (Å²) in [7, 11) is 1.14. The van der Waals surface area contributed by atoms with Crippen molar-refractivity contribution in [2.75, 3.05) is 7.11 Å². The molecule has 0 aromatic heterocycles. The van der Waals surface area contributed by atoms with Gasteiger partial charge in [-0.25, -0.2) is 4.79 Å². The molecular formula is C10H6F3NO4. The number of carboxylic acids is 1. The van der Waals surface area contributed by atoms with Crippen molar-refractivity contribution in [3.05, 3.63) is 23.3 Å². The summed E-state index contributed by atoms with van der Waals surface area (Å²) in [5.41, 5.74) is -1.35. The Balaban J connectivity index is 3.44. The Kier molecular flexibility index (Phi) is 3.66. The van der Waals surface area contributed by atoms with E-state index in [1.165, 1.54) is 6.07 Å².